The van der Waals surface area contributed by atoms with Crippen LogP contribution in [-0.2, 0) is 10.8 Å². The summed E-state index contributed by atoms with van der Waals surface area (Å²) < 4.78 is 12.0. The van der Waals surface area contributed by atoms with E-state index in [0.717, 1.165) is 17.7 Å². The van der Waals surface area contributed by atoms with Crippen LogP contribution in [0.25, 0.3) is 0 Å². The molecule has 1 aliphatic rings. The molecule has 1 aromatic rings. The van der Waals surface area contributed by atoms with Crippen molar-refractivity contribution in [2.75, 3.05) is 11.5 Å². The van der Waals surface area contributed by atoms with Crippen LogP contribution in [0.3, 0.4) is 0 Å². The predicted octanol–water partition coefficient (Wildman–Crippen LogP) is 2.07. The molecule has 2 rings (SSSR count). The monoisotopic (exact) mass is 234 g/mol. The molecule has 1 aromatic carbocycles. The van der Waals surface area contributed by atoms with Crippen LogP contribution in [0.15, 0.2) is 29.2 Å². The summed E-state index contributed by atoms with van der Waals surface area (Å²) in [5.41, 5.74) is 6.28. The minimum absolute atomic E-state index is 0.0288. The Bertz CT molecular complexity index is 443. The Labute approximate surface area is 97.7 Å². The highest BCUT2D eigenvalue weighted by molar-refractivity contribution is 7.85. The summed E-state index contributed by atoms with van der Waals surface area (Å²) >= 11 is 0. The van der Waals surface area contributed by atoms with Crippen molar-refractivity contribution in [2.24, 2.45) is 5.41 Å². The van der Waals surface area contributed by atoms with Crippen LogP contribution in [0.2, 0.25) is 0 Å². The van der Waals surface area contributed by atoms with Gasteiger partial charge in [0.15, 0.2) is 0 Å². The first-order chi connectivity index (χ1) is 7.65. The first kappa shape index (κ1) is 11.2. The molecular formula is C12H14N2OS. The zero-order valence-corrected chi connectivity index (χ0v) is 9.80. The lowest BCUT2D eigenvalue weighted by molar-refractivity contribution is 0.587. The Kier molecular flexibility index (Phi) is 2.97. The predicted molar refractivity (Wildman–Crippen MR) is 64.0 cm³/mol. The molecule has 1 saturated carbocycles. The van der Waals surface area contributed by atoms with Crippen LogP contribution in [0.5, 0.6) is 0 Å². The van der Waals surface area contributed by atoms with E-state index in [4.69, 9.17) is 11.0 Å². The Hall–Kier alpha value is -1.34. The maximum Gasteiger partial charge on any atom is 0.0627 e. The molecule has 3 nitrogen and oxygen atoms in total. The third kappa shape index (κ3) is 2.42. The number of nitrogens with zero attached hydrogens (tertiary/aromatic N) is 1. The maximum atomic E-state index is 12.0. The van der Waals surface area contributed by atoms with Crippen molar-refractivity contribution in [3.63, 3.8) is 0 Å². The fraction of sp³-hybridized carbons (Fsp3) is 0.417. The number of nitrogen functional groups attached to an aromatic ring is 1. The van der Waals surface area contributed by atoms with Crippen LogP contribution in [-0.4, -0.2) is 9.96 Å². The smallest absolute Gasteiger partial charge is 0.0627 e. The summed E-state index contributed by atoms with van der Waals surface area (Å²) in [5, 5.41) is 8.70. The lowest BCUT2D eigenvalue weighted by Gasteiger charge is -2.10. The molecule has 0 heterocycles. The van der Waals surface area contributed by atoms with E-state index >= 15 is 0 Å². The van der Waals surface area contributed by atoms with Crippen molar-refractivity contribution in [1.82, 2.24) is 0 Å². The van der Waals surface area contributed by atoms with Crippen LogP contribution in [0.4, 0.5) is 5.69 Å². The highest BCUT2D eigenvalue weighted by Crippen LogP contribution is 2.49. The van der Waals surface area contributed by atoms with Gasteiger partial charge in [0.25, 0.3) is 0 Å². The van der Waals surface area contributed by atoms with Gasteiger partial charge in [-0.1, -0.05) is 0 Å². The molecule has 1 fully saturated rings. The Morgan fingerprint density at radius 1 is 1.38 bits per heavy atom. The molecule has 84 valence electrons. The van der Waals surface area contributed by atoms with E-state index in [2.05, 4.69) is 6.07 Å². The first-order valence-corrected chi connectivity index (χ1v) is 6.58. The minimum Gasteiger partial charge on any atom is -0.399 e. The minimum atomic E-state index is -1.01. The number of hydrogen-bond acceptors (Lipinski definition) is 3. The summed E-state index contributed by atoms with van der Waals surface area (Å²) in [6.45, 7) is 0. The van der Waals surface area contributed by atoms with Crippen molar-refractivity contribution < 1.29 is 4.21 Å². The highest BCUT2D eigenvalue weighted by Gasteiger charge is 2.43. The van der Waals surface area contributed by atoms with Gasteiger partial charge in [-0.3, -0.25) is 4.21 Å². The Morgan fingerprint density at radius 3 is 2.50 bits per heavy atom. The number of benzene rings is 1. The van der Waals surface area contributed by atoms with E-state index in [1.54, 1.807) is 24.3 Å². The molecule has 4 heteroatoms. The van der Waals surface area contributed by atoms with E-state index in [1.807, 2.05) is 0 Å². The number of nitriles is 1. The summed E-state index contributed by atoms with van der Waals surface area (Å²) in [5.74, 6) is 0.602. The van der Waals surface area contributed by atoms with Gasteiger partial charge in [0.1, 0.15) is 0 Å². The maximum absolute atomic E-state index is 12.0. The first-order valence-electron chi connectivity index (χ1n) is 5.26. The Balaban J connectivity index is 2.04. The van der Waals surface area contributed by atoms with E-state index < -0.39 is 10.8 Å². The molecule has 2 N–H and O–H groups in total. The molecule has 0 radical (unpaired) electrons. The van der Waals surface area contributed by atoms with Gasteiger partial charge in [-0.05, 0) is 42.5 Å². The number of nitrogens with two attached hydrogens (primary N) is 1. The van der Waals surface area contributed by atoms with Crippen molar-refractivity contribution in [2.45, 2.75) is 24.2 Å². The van der Waals surface area contributed by atoms with Crippen LogP contribution in [0, 0.1) is 16.7 Å². The zero-order valence-electron chi connectivity index (χ0n) is 8.98. The molecular weight excluding hydrogens is 220 g/mol. The van der Waals surface area contributed by atoms with Crippen LogP contribution in [0.1, 0.15) is 19.3 Å². The molecule has 1 atom stereocenters. The van der Waals surface area contributed by atoms with Gasteiger partial charge in [-0.15, -0.1) is 0 Å². The average Bonchev–Trinajstić information content (AvgIpc) is 2.99. The number of rotatable bonds is 4. The van der Waals surface area contributed by atoms with E-state index in [-0.39, 0.29) is 5.41 Å². The van der Waals surface area contributed by atoms with Gasteiger partial charge in [-0.25, -0.2) is 0 Å². The second kappa shape index (κ2) is 4.26. The van der Waals surface area contributed by atoms with E-state index in [0.29, 0.717) is 17.9 Å². The largest absolute Gasteiger partial charge is 0.399 e. The molecule has 16 heavy (non-hydrogen) atoms. The van der Waals surface area contributed by atoms with Gasteiger partial charge in [0.05, 0.1) is 16.9 Å². The van der Waals surface area contributed by atoms with Gasteiger partial charge < -0.3 is 5.73 Å². The van der Waals surface area contributed by atoms with Crippen LogP contribution >= 0.6 is 0 Å². The third-order valence-electron chi connectivity index (χ3n) is 2.99. The lowest BCUT2D eigenvalue weighted by atomic mass is 10.1. The molecule has 0 spiro atoms. The normalized spacial score (nSPS) is 18.7. The molecule has 1 aliphatic carbocycles. The quantitative estimate of drug-likeness (QED) is 0.811. The molecule has 1 unspecified atom stereocenters. The van der Waals surface area contributed by atoms with Gasteiger partial charge >= 0.3 is 0 Å². The summed E-state index contributed by atoms with van der Waals surface area (Å²) in [6.07, 6.45) is 2.58. The molecule has 0 bridgehead atoms. The standard InChI is InChI=1S/C12H14N2OS/c13-8-7-12(5-6-12)9-16(15)11-3-1-10(14)2-4-11/h1-4H,5-7,9,14H2. The van der Waals surface area contributed by atoms with Gasteiger partial charge in [0, 0.05) is 22.8 Å². The average molecular weight is 234 g/mol. The van der Waals surface area contributed by atoms with Crippen molar-refractivity contribution in [3.8, 4) is 6.07 Å². The van der Waals surface area contributed by atoms with Crippen molar-refractivity contribution in [3.05, 3.63) is 24.3 Å². The highest BCUT2D eigenvalue weighted by atomic mass is 32.2. The summed E-state index contributed by atoms with van der Waals surface area (Å²) in [6, 6.07) is 9.30. The SMILES string of the molecule is N#CCC1(CS(=O)c2ccc(N)cc2)CC1. The molecule has 0 amide bonds. The number of anilines is 1. The second-order valence-electron chi connectivity index (χ2n) is 4.39. The molecule has 0 aliphatic heterocycles. The summed E-state index contributed by atoms with van der Waals surface area (Å²) in [7, 11) is -1.01. The van der Waals surface area contributed by atoms with Crippen molar-refractivity contribution in [1.29, 1.82) is 5.26 Å². The van der Waals surface area contributed by atoms with E-state index in [1.165, 1.54) is 0 Å². The lowest BCUT2D eigenvalue weighted by Crippen LogP contribution is -2.11. The number of hydrogen-bond donors (Lipinski definition) is 1. The van der Waals surface area contributed by atoms with Crippen molar-refractivity contribution >= 4 is 16.5 Å². The topological polar surface area (TPSA) is 66.9 Å². The molecule has 0 aromatic heterocycles. The van der Waals surface area contributed by atoms with Gasteiger partial charge in [-0.2, -0.15) is 5.26 Å². The second-order valence-corrected chi connectivity index (χ2v) is 5.84. The van der Waals surface area contributed by atoms with Crippen LogP contribution < -0.4 is 5.73 Å². The summed E-state index contributed by atoms with van der Waals surface area (Å²) in [4.78, 5) is 0.804. The Morgan fingerprint density at radius 2 is 2.00 bits per heavy atom. The fourth-order valence-corrected chi connectivity index (χ4v) is 3.25. The van der Waals surface area contributed by atoms with Gasteiger partial charge in [0.2, 0.25) is 0 Å². The zero-order chi connectivity index (χ0) is 11.6. The third-order valence-corrected chi connectivity index (χ3v) is 4.66. The van der Waals surface area contributed by atoms with E-state index in [9.17, 15) is 4.21 Å². The fourth-order valence-electron chi connectivity index (χ4n) is 1.70. The molecule has 0 saturated heterocycles.